The molecular formula is C9H19F2NO2. The van der Waals surface area contributed by atoms with Crippen molar-refractivity contribution in [3.8, 4) is 0 Å². The summed E-state index contributed by atoms with van der Waals surface area (Å²) in [7, 11) is 1.93. The van der Waals surface area contributed by atoms with Crippen molar-refractivity contribution in [1.29, 1.82) is 0 Å². The van der Waals surface area contributed by atoms with Gasteiger partial charge >= 0.3 is 6.61 Å². The molecule has 0 N–H and O–H groups in total. The molecule has 5 heteroatoms. The fourth-order valence-corrected chi connectivity index (χ4v) is 1.15. The first-order valence-corrected chi connectivity index (χ1v) is 4.88. The third kappa shape index (κ3) is 6.23. The number of nitrogens with zero attached hydrogens (tertiary/aromatic N) is 1. The first-order valence-electron chi connectivity index (χ1n) is 4.88. The first kappa shape index (κ1) is 13.7. The van der Waals surface area contributed by atoms with Crippen molar-refractivity contribution in [1.82, 2.24) is 4.90 Å². The zero-order valence-corrected chi connectivity index (χ0v) is 9.00. The van der Waals surface area contributed by atoms with Crippen LogP contribution in [0.15, 0.2) is 0 Å². The van der Waals surface area contributed by atoms with Crippen LogP contribution < -0.4 is 0 Å². The van der Waals surface area contributed by atoms with Gasteiger partial charge in [0.25, 0.3) is 0 Å². The van der Waals surface area contributed by atoms with Gasteiger partial charge in [0.05, 0.1) is 19.3 Å². The van der Waals surface area contributed by atoms with E-state index in [9.17, 15) is 8.78 Å². The standard InChI is InChI=1S/C7H13F2NO2.C2H6/c1-10-2-3-11-6(4-10)5-12-7(8)9;1-2/h6-7H,2-5H2,1H3;1-2H3/t6-;/m1./s1. The Morgan fingerprint density at radius 1 is 1.50 bits per heavy atom. The Morgan fingerprint density at radius 2 is 2.14 bits per heavy atom. The number of hydrogen-bond donors (Lipinski definition) is 0. The van der Waals surface area contributed by atoms with Crippen molar-refractivity contribution in [2.24, 2.45) is 0 Å². The van der Waals surface area contributed by atoms with Crippen LogP contribution in [0.3, 0.4) is 0 Å². The van der Waals surface area contributed by atoms with E-state index in [2.05, 4.69) is 4.74 Å². The number of halogens is 2. The number of hydrogen-bond acceptors (Lipinski definition) is 3. The van der Waals surface area contributed by atoms with Crippen LogP contribution in [0.2, 0.25) is 0 Å². The molecular weight excluding hydrogens is 192 g/mol. The predicted molar refractivity (Wildman–Crippen MR) is 50.5 cm³/mol. The first-order chi connectivity index (χ1) is 6.68. The molecule has 0 aromatic rings. The third-order valence-corrected chi connectivity index (χ3v) is 1.75. The number of alkyl halides is 2. The van der Waals surface area contributed by atoms with E-state index in [-0.39, 0.29) is 12.7 Å². The lowest BCUT2D eigenvalue weighted by atomic mass is 10.3. The van der Waals surface area contributed by atoms with Gasteiger partial charge in [0.2, 0.25) is 0 Å². The highest BCUT2D eigenvalue weighted by Gasteiger charge is 2.18. The molecule has 14 heavy (non-hydrogen) atoms. The summed E-state index contributed by atoms with van der Waals surface area (Å²) in [5, 5.41) is 0. The highest BCUT2D eigenvalue weighted by molar-refractivity contribution is 4.67. The molecule has 3 nitrogen and oxygen atoms in total. The number of likely N-dealkylation sites (N-methyl/N-ethyl adjacent to an activating group) is 1. The van der Waals surface area contributed by atoms with Crippen LogP contribution in [-0.4, -0.2) is 51.0 Å². The highest BCUT2D eigenvalue weighted by Crippen LogP contribution is 2.05. The molecule has 0 aromatic carbocycles. The monoisotopic (exact) mass is 211 g/mol. The van der Waals surface area contributed by atoms with Gasteiger partial charge in [0.1, 0.15) is 0 Å². The van der Waals surface area contributed by atoms with E-state index in [4.69, 9.17) is 4.74 Å². The van der Waals surface area contributed by atoms with E-state index < -0.39 is 6.61 Å². The Hall–Kier alpha value is -0.260. The normalized spacial score (nSPS) is 23.1. The quantitative estimate of drug-likeness (QED) is 0.707. The van der Waals surface area contributed by atoms with Crippen molar-refractivity contribution in [2.45, 2.75) is 26.6 Å². The zero-order chi connectivity index (χ0) is 11.0. The molecule has 1 heterocycles. The van der Waals surface area contributed by atoms with E-state index in [1.54, 1.807) is 0 Å². The summed E-state index contributed by atoms with van der Waals surface area (Å²) < 4.78 is 32.5. The molecule has 0 bridgehead atoms. The van der Waals surface area contributed by atoms with Crippen LogP contribution in [0.4, 0.5) is 8.78 Å². The Bertz CT molecular complexity index is 136. The topological polar surface area (TPSA) is 21.7 Å². The van der Waals surface area contributed by atoms with Crippen molar-refractivity contribution >= 4 is 0 Å². The number of ether oxygens (including phenoxy) is 2. The molecule has 1 fully saturated rings. The zero-order valence-electron chi connectivity index (χ0n) is 9.00. The summed E-state index contributed by atoms with van der Waals surface area (Å²) >= 11 is 0. The second-order valence-corrected chi connectivity index (χ2v) is 2.85. The van der Waals surface area contributed by atoms with Crippen molar-refractivity contribution in [3.05, 3.63) is 0 Å². The molecule has 0 unspecified atom stereocenters. The molecule has 0 amide bonds. The summed E-state index contributed by atoms with van der Waals surface area (Å²) in [6, 6.07) is 0. The molecule has 86 valence electrons. The summed E-state index contributed by atoms with van der Waals surface area (Å²) in [5.74, 6) is 0. The van der Waals surface area contributed by atoms with E-state index in [0.29, 0.717) is 13.2 Å². The van der Waals surface area contributed by atoms with Gasteiger partial charge < -0.3 is 14.4 Å². The van der Waals surface area contributed by atoms with Gasteiger partial charge in [-0.05, 0) is 7.05 Å². The molecule has 0 aromatic heterocycles. The van der Waals surface area contributed by atoms with Crippen molar-refractivity contribution < 1.29 is 18.3 Å². The van der Waals surface area contributed by atoms with Crippen molar-refractivity contribution in [3.63, 3.8) is 0 Å². The summed E-state index contributed by atoms with van der Waals surface area (Å²) in [6.45, 7) is 3.38. The molecule has 0 aliphatic carbocycles. The summed E-state index contributed by atoms with van der Waals surface area (Å²) in [6.07, 6.45) is -0.210. The fraction of sp³-hybridized carbons (Fsp3) is 1.00. The van der Waals surface area contributed by atoms with Crippen LogP contribution >= 0.6 is 0 Å². The van der Waals surface area contributed by atoms with E-state index in [1.807, 2.05) is 25.8 Å². The molecule has 0 radical (unpaired) electrons. The molecule has 1 atom stereocenters. The second kappa shape index (κ2) is 8.08. The Labute approximate surface area is 84.0 Å². The van der Waals surface area contributed by atoms with Gasteiger partial charge in [0, 0.05) is 13.1 Å². The molecule has 1 saturated heterocycles. The predicted octanol–water partition coefficient (Wildman–Crippen LogP) is 1.58. The molecule has 0 saturated carbocycles. The third-order valence-electron chi connectivity index (χ3n) is 1.75. The van der Waals surface area contributed by atoms with Gasteiger partial charge in [-0.3, -0.25) is 0 Å². The van der Waals surface area contributed by atoms with Gasteiger partial charge in [-0.1, -0.05) is 13.8 Å². The Morgan fingerprint density at radius 3 is 2.64 bits per heavy atom. The maximum Gasteiger partial charge on any atom is 0.345 e. The SMILES string of the molecule is CC.CN1CCO[C@@H](COC(F)F)C1. The lowest BCUT2D eigenvalue weighted by molar-refractivity contribution is -0.163. The average Bonchev–Trinajstić information content (AvgIpc) is 2.18. The molecule has 0 spiro atoms. The summed E-state index contributed by atoms with van der Waals surface area (Å²) in [5.41, 5.74) is 0. The minimum Gasteiger partial charge on any atom is -0.373 e. The van der Waals surface area contributed by atoms with Crippen LogP contribution in [0.5, 0.6) is 0 Å². The van der Waals surface area contributed by atoms with Gasteiger partial charge in [-0.25, -0.2) is 0 Å². The van der Waals surface area contributed by atoms with Crippen LogP contribution in [0.1, 0.15) is 13.8 Å². The fourth-order valence-electron chi connectivity index (χ4n) is 1.15. The van der Waals surface area contributed by atoms with Crippen molar-refractivity contribution in [2.75, 3.05) is 33.4 Å². The van der Waals surface area contributed by atoms with E-state index in [1.165, 1.54) is 0 Å². The maximum absolute atomic E-state index is 11.6. The minimum atomic E-state index is -2.69. The number of morpholine rings is 1. The molecule has 1 aliphatic rings. The van der Waals surface area contributed by atoms with Crippen LogP contribution in [-0.2, 0) is 9.47 Å². The lowest BCUT2D eigenvalue weighted by Crippen LogP contribution is -2.42. The highest BCUT2D eigenvalue weighted by atomic mass is 19.3. The second-order valence-electron chi connectivity index (χ2n) is 2.85. The maximum atomic E-state index is 11.6. The van der Waals surface area contributed by atoms with Gasteiger partial charge in [-0.15, -0.1) is 0 Å². The van der Waals surface area contributed by atoms with Crippen LogP contribution in [0, 0.1) is 0 Å². The van der Waals surface area contributed by atoms with E-state index >= 15 is 0 Å². The minimum absolute atomic E-state index is 0.0258. The smallest absolute Gasteiger partial charge is 0.345 e. The summed E-state index contributed by atoms with van der Waals surface area (Å²) in [4.78, 5) is 2.03. The Balaban J connectivity index is 0.000000791. The van der Waals surface area contributed by atoms with E-state index in [0.717, 1.165) is 6.54 Å². The number of rotatable bonds is 3. The molecule has 1 aliphatic heterocycles. The Kier molecular flexibility index (Phi) is 7.93. The molecule has 1 rings (SSSR count). The lowest BCUT2D eigenvalue weighted by Gasteiger charge is -2.29. The largest absolute Gasteiger partial charge is 0.373 e. The van der Waals surface area contributed by atoms with Crippen LogP contribution in [0.25, 0.3) is 0 Å². The average molecular weight is 211 g/mol. The van der Waals surface area contributed by atoms with Gasteiger partial charge in [-0.2, -0.15) is 8.78 Å². The van der Waals surface area contributed by atoms with Gasteiger partial charge in [0.15, 0.2) is 0 Å².